The molecular formula is C18H21N3O2S. The van der Waals surface area contributed by atoms with Gasteiger partial charge in [0.25, 0.3) is 0 Å². The van der Waals surface area contributed by atoms with Crippen molar-refractivity contribution in [3.05, 3.63) is 35.8 Å². The Labute approximate surface area is 145 Å². The topological polar surface area (TPSA) is 69.4 Å². The van der Waals surface area contributed by atoms with Gasteiger partial charge in [0.2, 0.25) is 0 Å². The number of aromatic nitrogens is 1. The summed E-state index contributed by atoms with van der Waals surface area (Å²) in [4.78, 5) is 5.80. The largest absolute Gasteiger partial charge is 0.493 e. The first-order valence-electron chi connectivity index (χ1n) is 7.81. The van der Waals surface area contributed by atoms with Crippen LogP contribution in [0, 0.1) is 0 Å². The summed E-state index contributed by atoms with van der Waals surface area (Å²) in [5.41, 5.74) is 6.67. The number of anilines is 1. The lowest BCUT2D eigenvalue weighted by Crippen LogP contribution is -2.09. The molecule has 3 aromatic rings. The van der Waals surface area contributed by atoms with Gasteiger partial charge in [0.15, 0.2) is 11.5 Å². The maximum Gasteiger partial charge on any atom is 0.161 e. The van der Waals surface area contributed by atoms with E-state index in [0.29, 0.717) is 18.0 Å². The molecule has 2 heterocycles. The fourth-order valence-electron chi connectivity index (χ4n) is 2.64. The van der Waals surface area contributed by atoms with Crippen LogP contribution >= 0.6 is 11.3 Å². The molecule has 3 N–H and O–H groups in total. The minimum absolute atomic E-state index is 0.648. The Bertz CT molecular complexity index is 819. The monoisotopic (exact) mass is 343 g/mol. The number of rotatable bonds is 7. The highest BCUT2D eigenvalue weighted by molar-refractivity contribution is 7.13. The maximum absolute atomic E-state index is 5.58. The Kier molecular flexibility index (Phi) is 5.17. The first-order chi connectivity index (χ1) is 11.8. The van der Waals surface area contributed by atoms with Crippen molar-refractivity contribution in [3.63, 3.8) is 0 Å². The van der Waals surface area contributed by atoms with Gasteiger partial charge in [-0.3, -0.25) is 0 Å². The average molecular weight is 343 g/mol. The summed E-state index contributed by atoms with van der Waals surface area (Å²) in [5, 5.41) is 7.52. The van der Waals surface area contributed by atoms with Crippen molar-refractivity contribution < 1.29 is 9.47 Å². The Morgan fingerprint density at radius 1 is 1.17 bits per heavy atom. The summed E-state index contributed by atoms with van der Waals surface area (Å²) in [5.74, 6) is 2.23. The van der Waals surface area contributed by atoms with Gasteiger partial charge in [-0.05, 0) is 41.9 Å². The zero-order valence-corrected chi connectivity index (χ0v) is 14.7. The molecule has 0 aliphatic carbocycles. The van der Waals surface area contributed by atoms with E-state index in [9.17, 15) is 0 Å². The van der Waals surface area contributed by atoms with Crippen LogP contribution in [0.3, 0.4) is 0 Å². The molecule has 6 heteroatoms. The number of nitrogens with zero attached hydrogens (tertiary/aromatic N) is 1. The van der Waals surface area contributed by atoms with Crippen LogP contribution in [0.5, 0.6) is 11.5 Å². The number of ether oxygens (including phenoxy) is 2. The van der Waals surface area contributed by atoms with E-state index < -0.39 is 0 Å². The second-order valence-electron chi connectivity index (χ2n) is 5.32. The molecule has 0 atom stereocenters. The van der Waals surface area contributed by atoms with Crippen LogP contribution in [0.4, 0.5) is 5.82 Å². The summed E-state index contributed by atoms with van der Waals surface area (Å²) >= 11 is 1.69. The SMILES string of the molecule is COc1cc2c(-c3cccs3)cnc(NCCCN)c2cc1OC. The van der Waals surface area contributed by atoms with Crippen LogP contribution in [0.25, 0.3) is 21.2 Å². The standard InChI is InChI=1S/C18H21N3O2S/c1-22-15-9-12-13(10-16(15)23-2)18(20-7-4-6-19)21-11-14(12)17-5-3-8-24-17/h3,5,8-11H,4,6-7,19H2,1-2H3,(H,20,21). The molecule has 0 saturated carbocycles. The molecule has 0 aliphatic heterocycles. The molecular weight excluding hydrogens is 322 g/mol. The van der Waals surface area contributed by atoms with Gasteiger partial charge in [-0.15, -0.1) is 11.3 Å². The van der Waals surface area contributed by atoms with E-state index >= 15 is 0 Å². The third-order valence-electron chi connectivity index (χ3n) is 3.85. The molecule has 2 aromatic heterocycles. The van der Waals surface area contributed by atoms with Crippen molar-refractivity contribution in [2.45, 2.75) is 6.42 Å². The van der Waals surface area contributed by atoms with E-state index in [2.05, 4.69) is 21.7 Å². The summed E-state index contributed by atoms with van der Waals surface area (Å²) < 4.78 is 10.9. The third kappa shape index (κ3) is 3.16. The Balaban J connectivity index is 2.18. The van der Waals surface area contributed by atoms with Gasteiger partial charge in [0, 0.05) is 28.6 Å². The molecule has 0 fully saturated rings. The van der Waals surface area contributed by atoms with Crippen LogP contribution in [0.2, 0.25) is 0 Å². The molecule has 24 heavy (non-hydrogen) atoms. The molecule has 0 spiro atoms. The second-order valence-corrected chi connectivity index (χ2v) is 6.27. The van der Waals surface area contributed by atoms with Crippen LogP contribution in [0.1, 0.15) is 6.42 Å². The number of hydrogen-bond acceptors (Lipinski definition) is 6. The van der Waals surface area contributed by atoms with Crippen LogP contribution < -0.4 is 20.5 Å². The lowest BCUT2D eigenvalue weighted by Gasteiger charge is -2.15. The number of pyridine rings is 1. The minimum Gasteiger partial charge on any atom is -0.493 e. The number of nitrogens with one attached hydrogen (secondary N) is 1. The highest BCUT2D eigenvalue weighted by atomic mass is 32.1. The van der Waals surface area contributed by atoms with Crippen molar-refractivity contribution in [2.75, 3.05) is 32.6 Å². The molecule has 3 rings (SSSR count). The van der Waals surface area contributed by atoms with Gasteiger partial charge in [0.1, 0.15) is 5.82 Å². The summed E-state index contributed by atoms with van der Waals surface area (Å²) in [6.07, 6.45) is 2.80. The third-order valence-corrected chi connectivity index (χ3v) is 4.75. The van der Waals surface area contributed by atoms with E-state index in [4.69, 9.17) is 15.2 Å². The van der Waals surface area contributed by atoms with Crippen LogP contribution in [-0.2, 0) is 0 Å². The van der Waals surface area contributed by atoms with Crippen molar-refractivity contribution in [1.29, 1.82) is 0 Å². The zero-order valence-electron chi connectivity index (χ0n) is 13.8. The van der Waals surface area contributed by atoms with E-state index in [1.807, 2.05) is 24.4 Å². The zero-order chi connectivity index (χ0) is 16.9. The lowest BCUT2D eigenvalue weighted by molar-refractivity contribution is 0.356. The smallest absolute Gasteiger partial charge is 0.161 e. The Morgan fingerprint density at radius 3 is 2.54 bits per heavy atom. The second kappa shape index (κ2) is 7.51. The Hall–Kier alpha value is -2.31. The molecule has 0 radical (unpaired) electrons. The van der Waals surface area contributed by atoms with Gasteiger partial charge in [0.05, 0.1) is 14.2 Å². The Morgan fingerprint density at radius 2 is 1.92 bits per heavy atom. The molecule has 0 bridgehead atoms. The number of methoxy groups -OCH3 is 2. The first kappa shape index (κ1) is 16.5. The van der Waals surface area contributed by atoms with Crippen molar-refractivity contribution >= 4 is 27.9 Å². The minimum atomic E-state index is 0.648. The van der Waals surface area contributed by atoms with Gasteiger partial charge in [-0.2, -0.15) is 0 Å². The van der Waals surface area contributed by atoms with Crippen molar-refractivity contribution in [2.24, 2.45) is 5.73 Å². The van der Waals surface area contributed by atoms with Gasteiger partial charge in [-0.25, -0.2) is 4.98 Å². The van der Waals surface area contributed by atoms with E-state index in [1.165, 1.54) is 4.88 Å². The number of thiophene rings is 1. The predicted octanol–water partition coefficient (Wildman–Crippen LogP) is 3.74. The van der Waals surface area contributed by atoms with Crippen LogP contribution in [-0.4, -0.2) is 32.3 Å². The molecule has 0 aliphatic rings. The molecule has 126 valence electrons. The quantitative estimate of drug-likeness (QED) is 0.640. The number of benzene rings is 1. The molecule has 5 nitrogen and oxygen atoms in total. The summed E-state index contributed by atoms with van der Waals surface area (Å²) in [6, 6.07) is 8.13. The van der Waals surface area contributed by atoms with E-state index in [0.717, 1.165) is 35.1 Å². The number of fused-ring (bicyclic) bond motifs is 1. The normalized spacial score (nSPS) is 10.8. The van der Waals surface area contributed by atoms with Crippen LogP contribution in [0.15, 0.2) is 35.8 Å². The molecule has 0 amide bonds. The maximum atomic E-state index is 5.58. The average Bonchev–Trinajstić information content (AvgIpc) is 3.15. The number of nitrogens with two attached hydrogens (primary N) is 1. The lowest BCUT2D eigenvalue weighted by atomic mass is 10.0. The fourth-order valence-corrected chi connectivity index (χ4v) is 3.39. The van der Waals surface area contributed by atoms with E-state index in [1.54, 1.807) is 25.6 Å². The highest BCUT2D eigenvalue weighted by Gasteiger charge is 2.14. The first-order valence-corrected chi connectivity index (χ1v) is 8.69. The van der Waals surface area contributed by atoms with E-state index in [-0.39, 0.29) is 0 Å². The predicted molar refractivity (Wildman–Crippen MR) is 100 cm³/mol. The fraction of sp³-hybridized carbons (Fsp3) is 0.278. The summed E-state index contributed by atoms with van der Waals surface area (Å²) in [6.45, 7) is 1.43. The highest BCUT2D eigenvalue weighted by Crippen LogP contribution is 2.40. The van der Waals surface area contributed by atoms with Gasteiger partial charge >= 0.3 is 0 Å². The summed E-state index contributed by atoms with van der Waals surface area (Å²) in [7, 11) is 3.29. The van der Waals surface area contributed by atoms with Crippen molar-refractivity contribution in [1.82, 2.24) is 4.98 Å². The van der Waals surface area contributed by atoms with Gasteiger partial charge < -0.3 is 20.5 Å². The van der Waals surface area contributed by atoms with Crippen molar-refractivity contribution in [3.8, 4) is 21.9 Å². The molecule has 1 aromatic carbocycles. The molecule has 0 unspecified atom stereocenters. The van der Waals surface area contributed by atoms with Gasteiger partial charge in [-0.1, -0.05) is 6.07 Å². The molecule has 0 saturated heterocycles. The number of hydrogen-bond donors (Lipinski definition) is 2.